The van der Waals surface area contributed by atoms with E-state index in [0.717, 1.165) is 6.42 Å². The van der Waals surface area contributed by atoms with Crippen molar-refractivity contribution in [1.29, 1.82) is 0 Å². The molecule has 1 aliphatic rings. The van der Waals surface area contributed by atoms with Gasteiger partial charge in [-0.2, -0.15) is 5.10 Å². The molecule has 0 aromatic carbocycles. The number of hydrogen-bond acceptors (Lipinski definition) is 4. The fourth-order valence-electron chi connectivity index (χ4n) is 2.07. The van der Waals surface area contributed by atoms with Crippen molar-refractivity contribution < 1.29 is 4.74 Å². The maximum Gasteiger partial charge on any atom is 0.292 e. The Morgan fingerprint density at radius 2 is 2.53 bits per heavy atom. The van der Waals surface area contributed by atoms with E-state index in [1.807, 2.05) is 13.8 Å². The lowest BCUT2D eigenvalue weighted by molar-refractivity contribution is 0.105. The molecule has 102 valence electrons. The number of hydrogen-bond donors (Lipinski definition) is 1. The summed E-state index contributed by atoms with van der Waals surface area (Å²) in [6.07, 6.45) is 7.43. The lowest BCUT2D eigenvalue weighted by atomic mass is 9.94. The molecule has 0 bridgehead atoms. The maximum atomic E-state index is 12.2. The Labute approximate surface area is 116 Å². The predicted octanol–water partition coefficient (Wildman–Crippen LogP) is 1.51. The second kappa shape index (κ2) is 5.24. The Hall–Kier alpha value is -1.51. The van der Waals surface area contributed by atoms with Gasteiger partial charge >= 0.3 is 0 Å². The second-order valence-corrected chi connectivity index (χ2v) is 5.25. The Kier molecular flexibility index (Phi) is 3.83. The predicted molar refractivity (Wildman–Crippen MR) is 74.4 cm³/mol. The minimum atomic E-state index is -0.321. The first-order valence-corrected chi connectivity index (χ1v) is 6.44. The molecule has 1 aromatic heterocycles. The average Bonchev–Trinajstić information content (AvgIpc) is 2.69. The number of ether oxygens (including phenoxy) is 1. The summed E-state index contributed by atoms with van der Waals surface area (Å²) in [5, 5.41) is 7.40. The van der Waals surface area contributed by atoms with Gasteiger partial charge < -0.3 is 10.1 Å². The zero-order valence-corrected chi connectivity index (χ0v) is 11.7. The Balaban J connectivity index is 2.37. The van der Waals surface area contributed by atoms with Gasteiger partial charge in [-0.05, 0) is 20.3 Å². The molecular weight excluding hydrogens is 266 g/mol. The molecule has 6 heteroatoms. The van der Waals surface area contributed by atoms with Gasteiger partial charge in [-0.3, -0.25) is 4.79 Å². The number of rotatable bonds is 3. The number of nitrogens with zero attached hydrogens (tertiary/aromatic N) is 2. The van der Waals surface area contributed by atoms with Crippen molar-refractivity contribution in [3.8, 4) is 12.3 Å². The summed E-state index contributed by atoms with van der Waals surface area (Å²) in [6.45, 7) is 4.75. The van der Waals surface area contributed by atoms with Crippen molar-refractivity contribution in [2.45, 2.75) is 38.5 Å². The molecule has 0 saturated carbocycles. The van der Waals surface area contributed by atoms with Crippen molar-refractivity contribution in [3.63, 3.8) is 0 Å². The van der Waals surface area contributed by atoms with Gasteiger partial charge in [0.2, 0.25) is 0 Å². The van der Waals surface area contributed by atoms with Crippen LogP contribution in [-0.4, -0.2) is 28.0 Å². The molecule has 1 aromatic rings. The van der Waals surface area contributed by atoms with E-state index in [2.05, 4.69) is 16.3 Å². The molecular formula is C13H16ClN3O2. The highest BCUT2D eigenvalue weighted by atomic mass is 35.5. The number of terminal acetylenes is 1. The van der Waals surface area contributed by atoms with Crippen LogP contribution < -0.4 is 10.9 Å². The van der Waals surface area contributed by atoms with Crippen molar-refractivity contribution in [3.05, 3.63) is 21.6 Å². The van der Waals surface area contributed by atoms with Crippen molar-refractivity contribution in [2.24, 2.45) is 0 Å². The number of aromatic nitrogens is 2. The van der Waals surface area contributed by atoms with Crippen LogP contribution in [0.3, 0.4) is 0 Å². The van der Waals surface area contributed by atoms with Crippen molar-refractivity contribution >= 4 is 17.3 Å². The summed E-state index contributed by atoms with van der Waals surface area (Å²) >= 11 is 6.06. The molecule has 19 heavy (non-hydrogen) atoms. The third-order valence-corrected chi connectivity index (χ3v) is 3.82. The average molecular weight is 282 g/mol. The SMILES string of the molecule is C#CCn1ncc(Cl)c(NC2(C)CCOC2C)c1=O. The maximum absolute atomic E-state index is 12.2. The van der Waals surface area contributed by atoms with E-state index in [0.29, 0.717) is 17.3 Å². The first kappa shape index (κ1) is 13.9. The molecule has 1 saturated heterocycles. The largest absolute Gasteiger partial charge is 0.376 e. The van der Waals surface area contributed by atoms with Gasteiger partial charge in [-0.25, -0.2) is 4.68 Å². The first-order valence-electron chi connectivity index (χ1n) is 6.07. The smallest absolute Gasteiger partial charge is 0.292 e. The van der Waals surface area contributed by atoms with Gasteiger partial charge in [0.1, 0.15) is 12.2 Å². The van der Waals surface area contributed by atoms with Crippen LogP contribution in [0.2, 0.25) is 5.02 Å². The summed E-state index contributed by atoms with van der Waals surface area (Å²) in [5.41, 5.74) is -0.310. The van der Waals surface area contributed by atoms with E-state index >= 15 is 0 Å². The molecule has 0 radical (unpaired) electrons. The minimum Gasteiger partial charge on any atom is -0.376 e. The highest BCUT2D eigenvalue weighted by Gasteiger charge is 2.38. The standard InChI is InChI=1S/C13H16ClN3O2/c1-4-6-17-12(18)11(10(14)8-15-17)16-13(3)5-7-19-9(13)2/h1,8-9,16H,5-7H2,2-3H3. The number of halogens is 1. The van der Waals surface area contributed by atoms with Crippen LogP contribution in [0, 0.1) is 12.3 Å². The highest BCUT2D eigenvalue weighted by molar-refractivity contribution is 6.33. The van der Waals surface area contributed by atoms with Crippen LogP contribution in [0.4, 0.5) is 5.69 Å². The van der Waals surface area contributed by atoms with Gasteiger partial charge in [0.15, 0.2) is 0 Å². The lowest BCUT2D eigenvalue weighted by Crippen LogP contribution is -2.43. The molecule has 0 aliphatic carbocycles. The summed E-state index contributed by atoms with van der Waals surface area (Å²) in [5.74, 6) is 2.39. The molecule has 5 nitrogen and oxygen atoms in total. The van der Waals surface area contributed by atoms with Crippen LogP contribution in [0.25, 0.3) is 0 Å². The zero-order chi connectivity index (χ0) is 14.0. The van der Waals surface area contributed by atoms with Crippen LogP contribution in [0.1, 0.15) is 20.3 Å². The van der Waals surface area contributed by atoms with Gasteiger partial charge in [0.25, 0.3) is 5.56 Å². The normalized spacial score (nSPS) is 26.1. The first-order chi connectivity index (χ1) is 8.98. The van der Waals surface area contributed by atoms with Crippen molar-refractivity contribution in [1.82, 2.24) is 9.78 Å². The molecule has 1 N–H and O–H groups in total. The summed E-state index contributed by atoms with van der Waals surface area (Å²) < 4.78 is 6.74. The van der Waals surface area contributed by atoms with Gasteiger partial charge in [0, 0.05) is 6.61 Å². The Morgan fingerprint density at radius 1 is 1.79 bits per heavy atom. The molecule has 2 rings (SSSR count). The Bertz CT molecular complexity index is 578. The van der Waals surface area contributed by atoms with Crippen LogP contribution >= 0.6 is 11.6 Å². The second-order valence-electron chi connectivity index (χ2n) is 4.84. The van der Waals surface area contributed by atoms with Crippen LogP contribution in [-0.2, 0) is 11.3 Å². The monoisotopic (exact) mass is 281 g/mol. The quantitative estimate of drug-likeness (QED) is 0.854. The van der Waals surface area contributed by atoms with E-state index in [-0.39, 0.29) is 23.7 Å². The number of nitrogens with one attached hydrogen (secondary N) is 1. The fourth-order valence-corrected chi connectivity index (χ4v) is 2.24. The zero-order valence-electron chi connectivity index (χ0n) is 10.9. The third kappa shape index (κ3) is 2.60. The lowest BCUT2D eigenvalue weighted by Gasteiger charge is -2.30. The van der Waals surface area contributed by atoms with Gasteiger partial charge in [0.05, 0.1) is 22.9 Å². The van der Waals surface area contributed by atoms with E-state index in [4.69, 9.17) is 22.8 Å². The van der Waals surface area contributed by atoms with E-state index < -0.39 is 0 Å². The van der Waals surface area contributed by atoms with Crippen LogP contribution in [0.5, 0.6) is 0 Å². The highest BCUT2D eigenvalue weighted by Crippen LogP contribution is 2.30. The molecule has 0 amide bonds. The molecule has 2 atom stereocenters. The Morgan fingerprint density at radius 3 is 3.11 bits per heavy atom. The molecule has 1 fully saturated rings. The fraction of sp³-hybridized carbons (Fsp3) is 0.538. The van der Waals surface area contributed by atoms with E-state index in [1.54, 1.807) is 0 Å². The topological polar surface area (TPSA) is 56.1 Å². The molecule has 1 aliphatic heterocycles. The van der Waals surface area contributed by atoms with Gasteiger partial charge in [-0.15, -0.1) is 6.42 Å². The summed E-state index contributed by atoms with van der Waals surface area (Å²) in [6, 6.07) is 0. The van der Waals surface area contributed by atoms with Crippen molar-refractivity contribution in [2.75, 3.05) is 11.9 Å². The van der Waals surface area contributed by atoms with Crippen LogP contribution in [0.15, 0.2) is 11.0 Å². The van der Waals surface area contributed by atoms with E-state index in [9.17, 15) is 4.79 Å². The number of anilines is 1. The van der Waals surface area contributed by atoms with E-state index in [1.165, 1.54) is 10.9 Å². The minimum absolute atomic E-state index is 0.00258. The summed E-state index contributed by atoms with van der Waals surface area (Å²) in [4.78, 5) is 12.2. The molecule has 2 heterocycles. The molecule has 0 spiro atoms. The van der Waals surface area contributed by atoms with Gasteiger partial charge in [-0.1, -0.05) is 17.5 Å². The third-order valence-electron chi connectivity index (χ3n) is 3.54. The summed E-state index contributed by atoms with van der Waals surface area (Å²) in [7, 11) is 0. The molecule has 2 unspecified atom stereocenters.